The first kappa shape index (κ1) is 8.31. The molecule has 2 heteroatoms. The third-order valence-corrected chi connectivity index (χ3v) is 2.55. The van der Waals surface area contributed by atoms with Gasteiger partial charge < -0.3 is 5.11 Å². The highest BCUT2D eigenvalue weighted by Crippen LogP contribution is 2.35. The van der Waals surface area contributed by atoms with Crippen LogP contribution in [0.2, 0.25) is 0 Å². The number of Topliss-reactive ketones (excluding diaryl/α,β-unsaturated/α-hetero) is 1. The van der Waals surface area contributed by atoms with Crippen LogP contribution in [0, 0.1) is 11.8 Å². The van der Waals surface area contributed by atoms with Gasteiger partial charge in [-0.25, -0.2) is 0 Å². The van der Waals surface area contributed by atoms with Gasteiger partial charge in [0.25, 0.3) is 0 Å². The number of ketones is 1. The molecule has 2 atom stereocenters. The predicted molar refractivity (Wildman–Crippen MR) is 43.3 cm³/mol. The first-order valence-electron chi connectivity index (χ1n) is 3.97. The molecular formula is C9H14O2. The van der Waals surface area contributed by atoms with Crippen LogP contribution in [-0.4, -0.2) is 10.9 Å². The largest absolute Gasteiger partial charge is 0.512 e. The summed E-state index contributed by atoms with van der Waals surface area (Å²) in [6, 6.07) is 0. The molecule has 0 spiro atoms. The van der Waals surface area contributed by atoms with Crippen molar-refractivity contribution in [1.29, 1.82) is 0 Å². The molecular weight excluding hydrogens is 140 g/mol. The molecule has 2 nitrogen and oxygen atoms in total. The zero-order valence-corrected chi connectivity index (χ0v) is 7.22. The number of allylic oxidation sites excluding steroid dienone is 2. The molecule has 1 aliphatic rings. The van der Waals surface area contributed by atoms with Gasteiger partial charge in [0, 0.05) is 11.5 Å². The maximum Gasteiger partial charge on any atom is 0.159 e. The first-order valence-corrected chi connectivity index (χ1v) is 3.97. The Morgan fingerprint density at radius 3 is 2.27 bits per heavy atom. The number of carbonyl (C=O) groups excluding carboxylic acids is 1. The molecule has 0 aromatic carbocycles. The van der Waals surface area contributed by atoms with E-state index in [4.69, 9.17) is 0 Å². The van der Waals surface area contributed by atoms with E-state index in [-0.39, 0.29) is 11.7 Å². The van der Waals surface area contributed by atoms with Gasteiger partial charge in [0.2, 0.25) is 0 Å². The molecule has 0 amide bonds. The van der Waals surface area contributed by atoms with E-state index in [1.807, 2.05) is 6.92 Å². The second-order valence-corrected chi connectivity index (χ2v) is 3.39. The monoisotopic (exact) mass is 154 g/mol. The number of hydrogen-bond acceptors (Lipinski definition) is 2. The summed E-state index contributed by atoms with van der Waals surface area (Å²) < 4.78 is 0. The Morgan fingerprint density at radius 2 is 2.09 bits per heavy atom. The third kappa shape index (κ3) is 1.30. The Kier molecular flexibility index (Phi) is 2.03. The van der Waals surface area contributed by atoms with Crippen molar-refractivity contribution < 1.29 is 9.90 Å². The van der Waals surface area contributed by atoms with E-state index >= 15 is 0 Å². The summed E-state index contributed by atoms with van der Waals surface area (Å²) >= 11 is 0. The molecule has 0 bridgehead atoms. The van der Waals surface area contributed by atoms with Crippen molar-refractivity contribution in [1.82, 2.24) is 0 Å². The van der Waals surface area contributed by atoms with Gasteiger partial charge >= 0.3 is 0 Å². The Morgan fingerprint density at radius 1 is 1.55 bits per heavy atom. The van der Waals surface area contributed by atoms with Crippen molar-refractivity contribution in [3.63, 3.8) is 0 Å². The fourth-order valence-electron chi connectivity index (χ4n) is 1.47. The van der Waals surface area contributed by atoms with E-state index < -0.39 is 0 Å². The van der Waals surface area contributed by atoms with Crippen LogP contribution in [0.3, 0.4) is 0 Å². The quantitative estimate of drug-likeness (QED) is 0.627. The molecule has 1 N–H and O–H groups in total. The van der Waals surface area contributed by atoms with Gasteiger partial charge in [0.05, 0.1) is 0 Å². The van der Waals surface area contributed by atoms with Crippen LogP contribution in [0.5, 0.6) is 0 Å². The van der Waals surface area contributed by atoms with Crippen molar-refractivity contribution in [3.8, 4) is 0 Å². The average Bonchev–Trinajstić information content (AvgIpc) is 2.17. The van der Waals surface area contributed by atoms with Gasteiger partial charge in [-0.2, -0.15) is 0 Å². The minimum atomic E-state index is 0.0127. The third-order valence-electron chi connectivity index (χ3n) is 2.55. The smallest absolute Gasteiger partial charge is 0.159 e. The summed E-state index contributed by atoms with van der Waals surface area (Å²) in [5.41, 5.74) is 0.630. The number of carbonyl (C=O) groups is 1. The lowest BCUT2D eigenvalue weighted by Gasteiger charge is -2.07. The minimum Gasteiger partial charge on any atom is -0.512 e. The highest BCUT2D eigenvalue weighted by Gasteiger charge is 2.30. The number of hydrogen-bond donors (Lipinski definition) is 1. The van der Waals surface area contributed by atoms with E-state index in [1.54, 1.807) is 0 Å². The van der Waals surface area contributed by atoms with Crippen LogP contribution >= 0.6 is 0 Å². The summed E-state index contributed by atoms with van der Waals surface area (Å²) in [5.74, 6) is 0.895. The van der Waals surface area contributed by atoms with Gasteiger partial charge in [0.1, 0.15) is 5.76 Å². The van der Waals surface area contributed by atoms with Crippen LogP contribution in [0.4, 0.5) is 0 Å². The molecule has 0 radical (unpaired) electrons. The maximum absolute atomic E-state index is 10.9. The van der Waals surface area contributed by atoms with Crippen LogP contribution < -0.4 is 0 Å². The zero-order chi connectivity index (χ0) is 8.59. The summed E-state index contributed by atoms with van der Waals surface area (Å²) in [4.78, 5) is 10.9. The number of aliphatic hydroxyl groups excluding tert-OH is 1. The highest BCUT2D eigenvalue weighted by molar-refractivity contribution is 5.94. The summed E-state index contributed by atoms with van der Waals surface area (Å²) in [7, 11) is 0. The van der Waals surface area contributed by atoms with E-state index in [2.05, 4.69) is 6.92 Å². The van der Waals surface area contributed by atoms with E-state index in [0.717, 1.165) is 6.42 Å². The number of aliphatic hydroxyl groups is 1. The lowest BCUT2D eigenvalue weighted by Crippen LogP contribution is -2.01. The minimum absolute atomic E-state index is 0.0127. The topological polar surface area (TPSA) is 37.3 Å². The second kappa shape index (κ2) is 2.68. The van der Waals surface area contributed by atoms with Crippen molar-refractivity contribution in [2.24, 2.45) is 11.8 Å². The molecule has 0 saturated carbocycles. The standard InChI is InChI=1S/C9H14O2/c1-5-4-8(7(3)10)9(11)6(5)2/h5-6,11H,4H2,1-3H3. The summed E-state index contributed by atoms with van der Waals surface area (Å²) in [6.45, 7) is 5.52. The fraction of sp³-hybridized carbons (Fsp3) is 0.667. The normalized spacial score (nSPS) is 31.2. The van der Waals surface area contributed by atoms with Gasteiger partial charge in [-0.15, -0.1) is 0 Å². The van der Waals surface area contributed by atoms with Gasteiger partial charge in [-0.1, -0.05) is 13.8 Å². The molecule has 0 aliphatic heterocycles. The maximum atomic E-state index is 10.9. The fourth-order valence-corrected chi connectivity index (χ4v) is 1.47. The van der Waals surface area contributed by atoms with Crippen molar-refractivity contribution in [2.75, 3.05) is 0 Å². The molecule has 0 fully saturated rings. The molecule has 1 rings (SSSR count). The second-order valence-electron chi connectivity index (χ2n) is 3.39. The molecule has 0 saturated heterocycles. The van der Waals surface area contributed by atoms with Crippen LogP contribution in [0.15, 0.2) is 11.3 Å². The van der Waals surface area contributed by atoms with Gasteiger partial charge in [-0.05, 0) is 19.3 Å². The first-order chi connectivity index (χ1) is 5.04. The summed E-state index contributed by atoms with van der Waals surface area (Å²) in [5, 5.41) is 9.46. The van der Waals surface area contributed by atoms with E-state index in [1.165, 1.54) is 6.92 Å². The lowest BCUT2D eigenvalue weighted by molar-refractivity contribution is -0.113. The number of rotatable bonds is 1. The SMILES string of the molecule is CC(=O)C1=C(O)C(C)C(C)C1. The van der Waals surface area contributed by atoms with Gasteiger partial charge in [-0.3, -0.25) is 4.79 Å². The zero-order valence-electron chi connectivity index (χ0n) is 7.22. The summed E-state index contributed by atoms with van der Waals surface area (Å²) in [6.07, 6.45) is 0.738. The Hall–Kier alpha value is -0.790. The molecule has 0 aromatic rings. The molecule has 2 unspecified atom stereocenters. The van der Waals surface area contributed by atoms with Crippen molar-refractivity contribution in [2.45, 2.75) is 27.2 Å². The lowest BCUT2D eigenvalue weighted by atomic mass is 9.99. The van der Waals surface area contributed by atoms with E-state index in [9.17, 15) is 9.90 Å². The molecule has 11 heavy (non-hydrogen) atoms. The molecule has 1 aliphatic carbocycles. The highest BCUT2D eigenvalue weighted by atomic mass is 16.3. The van der Waals surface area contributed by atoms with E-state index in [0.29, 0.717) is 17.3 Å². The van der Waals surface area contributed by atoms with Gasteiger partial charge in [0.15, 0.2) is 5.78 Å². The van der Waals surface area contributed by atoms with Crippen LogP contribution in [-0.2, 0) is 4.79 Å². The predicted octanol–water partition coefficient (Wildman–Crippen LogP) is 2.06. The molecule has 0 aromatic heterocycles. The van der Waals surface area contributed by atoms with Crippen LogP contribution in [0.25, 0.3) is 0 Å². The van der Waals surface area contributed by atoms with Crippen molar-refractivity contribution in [3.05, 3.63) is 11.3 Å². The Labute approximate surface area is 66.9 Å². The molecule has 62 valence electrons. The molecule has 0 heterocycles. The average molecular weight is 154 g/mol. The Bertz CT molecular complexity index is 216. The van der Waals surface area contributed by atoms with Crippen LogP contribution in [0.1, 0.15) is 27.2 Å². The van der Waals surface area contributed by atoms with Crippen molar-refractivity contribution >= 4 is 5.78 Å². The Balaban J connectivity index is 2.89.